The Labute approximate surface area is 200 Å². The van der Waals surface area contributed by atoms with Crippen LogP contribution >= 0.6 is 0 Å². The molecule has 0 amide bonds. The van der Waals surface area contributed by atoms with Crippen molar-refractivity contribution in [3.05, 3.63) is 23.3 Å². The maximum absolute atomic E-state index is 11.6. The maximum Gasteiger partial charge on any atom is 0.311 e. The molecule has 1 aromatic rings. The van der Waals surface area contributed by atoms with Crippen LogP contribution in [0, 0.1) is 17.8 Å². The van der Waals surface area contributed by atoms with Crippen LogP contribution in [0.3, 0.4) is 0 Å². The lowest BCUT2D eigenvalue weighted by Crippen LogP contribution is -2.47. The smallest absolute Gasteiger partial charge is 0.311 e. The molecule has 0 unspecified atom stereocenters. The van der Waals surface area contributed by atoms with Crippen molar-refractivity contribution in [1.82, 2.24) is 5.48 Å². The third-order valence-corrected chi connectivity index (χ3v) is 5.85. The van der Waals surface area contributed by atoms with Crippen molar-refractivity contribution in [3.63, 3.8) is 0 Å². The number of rotatable bonds is 11. The molecule has 2 rings (SSSR count). The molecule has 0 bridgehead atoms. The molecule has 190 valence electrons. The molecule has 1 heterocycles. The number of fused-ring (bicyclic) bond motifs is 1. The Hall–Kier alpha value is -2.58. The largest absolute Gasteiger partial charge is 0.504 e. The van der Waals surface area contributed by atoms with E-state index in [9.17, 15) is 24.9 Å². The average molecular weight is 480 g/mol. The van der Waals surface area contributed by atoms with Crippen molar-refractivity contribution in [2.24, 2.45) is 17.8 Å². The summed E-state index contributed by atoms with van der Waals surface area (Å²) in [6.07, 6.45) is -0.515. The number of carbonyl (C=O) groups is 1. The van der Waals surface area contributed by atoms with E-state index in [4.69, 9.17) is 14.3 Å². The highest BCUT2D eigenvalue weighted by molar-refractivity contribution is 5.77. The van der Waals surface area contributed by atoms with E-state index < -0.39 is 29.6 Å². The molecule has 9 nitrogen and oxygen atoms in total. The van der Waals surface area contributed by atoms with Crippen LogP contribution in [0.25, 0.3) is 0 Å². The fourth-order valence-electron chi connectivity index (χ4n) is 3.78. The minimum atomic E-state index is -1.42. The van der Waals surface area contributed by atoms with Crippen LogP contribution in [0.4, 0.5) is 0 Å². The SMILES string of the molecule is CC(C)[C@@H](Cc1cc(O)c2c(c1)OCCO2)C[C@H](NOC(C)(C)C)[C@@H](O)C(=C=O)[C@@H](C)C(=O)O. The number of carboxylic acids is 1. The minimum absolute atomic E-state index is 0.00180. The number of aliphatic carboxylic acids is 1. The number of benzene rings is 1. The second kappa shape index (κ2) is 11.7. The second-order valence-corrected chi connectivity index (χ2v) is 10.1. The zero-order chi connectivity index (χ0) is 25.6. The number of hydroxylamine groups is 1. The molecule has 0 spiro atoms. The van der Waals surface area contributed by atoms with Crippen molar-refractivity contribution in [1.29, 1.82) is 0 Å². The number of phenolic OH excluding ortho intramolecular Hbond substituents is 1. The highest BCUT2D eigenvalue weighted by Crippen LogP contribution is 2.40. The number of carboxylic acid groups (broad SMARTS) is 1. The summed E-state index contributed by atoms with van der Waals surface area (Å²) in [6.45, 7) is 11.7. The van der Waals surface area contributed by atoms with E-state index in [0.717, 1.165) is 5.56 Å². The standard InChI is InChI=1S/C25H37NO8/c1-14(2)17(9-16-10-20(28)23-21(11-16)32-7-8-33-23)12-19(26-34-25(4,5)6)22(29)18(13-27)15(3)24(30)31/h10-11,14-15,17,19,22,26,28-29H,7-9,12H2,1-6H3,(H,30,31)/t15-,17+,19+,22+/m1/s1. The first-order valence-electron chi connectivity index (χ1n) is 11.5. The van der Waals surface area contributed by atoms with Crippen LogP contribution in [0.1, 0.15) is 53.5 Å². The molecule has 9 heteroatoms. The lowest BCUT2D eigenvalue weighted by molar-refractivity contribution is -0.140. The highest BCUT2D eigenvalue weighted by Gasteiger charge is 2.34. The Morgan fingerprint density at radius 2 is 1.85 bits per heavy atom. The summed E-state index contributed by atoms with van der Waals surface area (Å²) >= 11 is 0. The topological polar surface area (TPSA) is 135 Å². The first-order valence-corrected chi connectivity index (χ1v) is 11.5. The van der Waals surface area contributed by atoms with E-state index >= 15 is 0 Å². The van der Waals surface area contributed by atoms with Gasteiger partial charge in [0.2, 0.25) is 5.75 Å². The zero-order valence-electron chi connectivity index (χ0n) is 20.8. The van der Waals surface area contributed by atoms with E-state index in [1.54, 1.807) is 12.0 Å². The summed E-state index contributed by atoms with van der Waals surface area (Å²) in [4.78, 5) is 28.7. The number of aliphatic hydroxyl groups is 1. The third kappa shape index (κ3) is 7.46. The van der Waals surface area contributed by atoms with Gasteiger partial charge in [-0.05, 0) is 70.1 Å². The van der Waals surface area contributed by atoms with E-state index in [0.29, 0.717) is 37.6 Å². The molecule has 34 heavy (non-hydrogen) atoms. The molecule has 1 aliphatic heterocycles. The Morgan fingerprint density at radius 1 is 1.21 bits per heavy atom. The fraction of sp³-hybridized carbons (Fsp3) is 0.640. The van der Waals surface area contributed by atoms with Crippen LogP contribution in [0.5, 0.6) is 17.2 Å². The highest BCUT2D eigenvalue weighted by atomic mass is 16.7. The molecular weight excluding hydrogens is 442 g/mol. The van der Waals surface area contributed by atoms with Crippen LogP contribution in [-0.2, 0) is 20.8 Å². The van der Waals surface area contributed by atoms with Crippen molar-refractivity contribution in [2.45, 2.75) is 72.1 Å². The number of carbonyl (C=O) groups excluding carboxylic acids is 1. The van der Waals surface area contributed by atoms with Gasteiger partial charge in [0.15, 0.2) is 11.5 Å². The van der Waals surface area contributed by atoms with Gasteiger partial charge in [-0.2, -0.15) is 5.48 Å². The number of hydrogen-bond acceptors (Lipinski definition) is 8. The van der Waals surface area contributed by atoms with Gasteiger partial charge in [0, 0.05) is 0 Å². The number of aromatic hydroxyl groups is 1. The van der Waals surface area contributed by atoms with Crippen LogP contribution in [0.15, 0.2) is 17.7 Å². The van der Waals surface area contributed by atoms with E-state index in [1.807, 2.05) is 40.7 Å². The molecule has 0 radical (unpaired) electrons. The third-order valence-electron chi connectivity index (χ3n) is 5.85. The molecule has 0 saturated carbocycles. The molecule has 0 saturated heterocycles. The number of hydrogen-bond donors (Lipinski definition) is 4. The van der Waals surface area contributed by atoms with Crippen molar-refractivity contribution in [2.75, 3.05) is 13.2 Å². The van der Waals surface area contributed by atoms with Crippen molar-refractivity contribution < 1.29 is 39.2 Å². The predicted molar refractivity (Wildman–Crippen MR) is 126 cm³/mol. The molecular formula is C25H37NO8. The van der Waals surface area contributed by atoms with Gasteiger partial charge in [0.1, 0.15) is 25.3 Å². The summed E-state index contributed by atoms with van der Waals surface area (Å²) in [5.41, 5.74) is 2.86. The van der Waals surface area contributed by atoms with Crippen LogP contribution in [-0.4, -0.2) is 58.2 Å². The van der Waals surface area contributed by atoms with Gasteiger partial charge in [0.05, 0.1) is 23.1 Å². The van der Waals surface area contributed by atoms with Crippen molar-refractivity contribution in [3.8, 4) is 17.2 Å². The van der Waals surface area contributed by atoms with Gasteiger partial charge in [0.25, 0.3) is 0 Å². The Balaban J connectivity index is 2.30. The summed E-state index contributed by atoms with van der Waals surface area (Å²) in [5.74, 6) is 0.157. The van der Waals surface area contributed by atoms with Gasteiger partial charge in [-0.25, -0.2) is 4.79 Å². The number of aliphatic hydroxyl groups excluding tert-OH is 1. The summed E-state index contributed by atoms with van der Waals surface area (Å²) in [6, 6.07) is 2.70. The molecule has 0 aliphatic carbocycles. The number of phenols is 1. The van der Waals surface area contributed by atoms with Crippen LogP contribution in [0.2, 0.25) is 0 Å². The summed E-state index contributed by atoms with van der Waals surface area (Å²) < 4.78 is 11.1. The number of ether oxygens (including phenoxy) is 2. The molecule has 1 aliphatic rings. The van der Waals surface area contributed by atoms with Gasteiger partial charge in [-0.1, -0.05) is 13.8 Å². The van der Waals surface area contributed by atoms with E-state index in [1.165, 1.54) is 6.92 Å². The molecule has 0 fully saturated rings. The lowest BCUT2D eigenvalue weighted by Gasteiger charge is -2.33. The normalized spacial score (nSPS) is 16.9. The minimum Gasteiger partial charge on any atom is -0.504 e. The van der Waals surface area contributed by atoms with Crippen LogP contribution < -0.4 is 15.0 Å². The molecule has 4 atom stereocenters. The van der Waals surface area contributed by atoms with E-state index in [-0.39, 0.29) is 23.2 Å². The summed E-state index contributed by atoms with van der Waals surface area (Å²) in [5, 5.41) is 30.7. The lowest BCUT2D eigenvalue weighted by atomic mass is 9.81. The zero-order valence-corrected chi connectivity index (χ0v) is 20.8. The van der Waals surface area contributed by atoms with Gasteiger partial charge < -0.3 is 24.8 Å². The summed E-state index contributed by atoms with van der Waals surface area (Å²) in [7, 11) is 0. The Kier molecular flexibility index (Phi) is 9.53. The molecule has 0 aromatic heterocycles. The predicted octanol–water partition coefficient (Wildman–Crippen LogP) is 2.90. The first kappa shape index (κ1) is 27.7. The van der Waals surface area contributed by atoms with Gasteiger partial charge in [-0.15, -0.1) is 0 Å². The molecule has 1 aromatic carbocycles. The molecule has 4 N–H and O–H groups in total. The number of nitrogens with one attached hydrogen (secondary N) is 1. The van der Waals surface area contributed by atoms with Gasteiger partial charge >= 0.3 is 5.97 Å². The average Bonchev–Trinajstić information content (AvgIpc) is 2.75. The Bertz CT molecular complexity index is 901. The van der Waals surface area contributed by atoms with Gasteiger partial charge in [-0.3, -0.25) is 9.63 Å². The monoisotopic (exact) mass is 479 g/mol. The van der Waals surface area contributed by atoms with Crippen molar-refractivity contribution >= 4 is 11.9 Å². The first-order chi connectivity index (χ1) is 15.8. The maximum atomic E-state index is 11.6. The quantitative estimate of drug-likeness (QED) is 0.279. The second-order valence-electron chi connectivity index (χ2n) is 10.1. The van der Waals surface area contributed by atoms with E-state index in [2.05, 4.69) is 5.48 Å². The fourth-order valence-corrected chi connectivity index (χ4v) is 3.78. The Morgan fingerprint density at radius 3 is 2.41 bits per heavy atom.